The molecule has 5 fully saturated rings. The van der Waals surface area contributed by atoms with Crippen molar-refractivity contribution in [3.63, 3.8) is 0 Å². The summed E-state index contributed by atoms with van der Waals surface area (Å²) < 4.78 is 19.0. The third-order valence-corrected chi connectivity index (χ3v) is 13.1. The molecule has 2 saturated heterocycles. The number of rotatable bonds is 6. The van der Waals surface area contributed by atoms with Gasteiger partial charge in [0, 0.05) is 18.8 Å². The zero-order chi connectivity index (χ0) is 30.2. The Bertz CT molecular complexity index is 1050. The summed E-state index contributed by atoms with van der Waals surface area (Å²) >= 11 is 0. The molecule has 2 aliphatic heterocycles. The molecule has 4 aliphatic carbocycles. The number of aliphatic hydroxyl groups is 5. The summed E-state index contributed by atoms with van der Waals surface area (Å²) in [6.45, 7) is 9.57. The molecule has 0 bridgehead atoms. The van der Waals surface area contributed by atoms with E-state index in [2.05, 4.69) is 33.8 Å². The maximum atomic E-state index is 12.6. The predicted octanol–water partition coefficient (Wildman–Crippen LogP) is 2.70. The SMILES string of the molecule is CC1CCC2(OC1)OC1CC3C4CC=C5CC(OC(=O)C(O)C(O)C(O)C(O)CO)CCC5(C)C4CCC3(C)C1C2C. The zero-order valence-corrected chi connectivity index (χ0v) is 25.7. The third-order valence-electron chi connectivity index (χ3n) is 13.1. The van der Waals surface area contributed by atoms with Crippen molar-refractivity contribution in [1.29, 1.82) is 0 Å². The van der Waals surface area contributed by atoms with Crippen molar-refractivity contribution in [2.45, 2.75) is 128 Å². The van der Waals surface area contributed by atoms with Crippen molar-refractivity contribution in [3.05, 3.63) is 11.6 Å². The molecule has 1 spiro atoms. The molecule has 0 aromatic carbocycles. The van der Waals surface area contributed by atoms with Crippen LogP contribution in [0, 0.1) is 46.3 Å². The molecule has 0 aromatic heterocycles. The van der Waals surface area contributed by atoms with Crippen molar-refractivity contribution in [3.8, 4) is 0 Å². The molecule has 0 radical (unpaired) electrons. The largest absolute Gasteiger partial charge is 0.460 e. The van der Waals surface area contributed by atoms with E-state index >= 15 is 0 Å². The van der Waals surface area contributed by atoms with Gasteiger partial charge in [-0.2, -0.15) is 0 Å². The molecular formula is C33H52O9. The average molecular weight is 593 g/mol. The zero-order valence-electron chi connectivity index (χ0n) is 25.7. The fourth-order valence-corrected chi connectivity index (χ4v) is 10.6. The van der Waals surface area contributed by atoms with E-state index in [1.54, 1.807) is 0 Å². The van der Waals surface area contributed by atoms with Crippen LogP contribution in [0.3, 0.4) is 0 Å². The Morgan fingerprint density at radius 1 is 1.05 bits per heavy atom. The van der Waals surface area contributed by atoms with Gasteiger partial charge in [0.05, 0.1) is 19.3 Å². The number of hydrogen-bond acceptors (Lipinski definition) is 9. The first-order valence-corrected chi connectivity index (χ1v) is 16.4. The first-order chi connectivity index (χ1) is 19.8. The van der Waals surface area contributed by atoms with E-state index in [1.807, 2.05) is 0 Å². The van der Waals surface area contributed by atoms with Crippen LogP contribution < -0.4 is 0 Å². The van der Waals surface area contributed by atoms with E-state index in [-0.39, 0.29) is 16.9 Å². The number of hydrogen-bond donors (Lipinski definition) is 5. The van der Waals surface area contributed by atoms with Gasteiger partial charge >= 0.3 is 5.97 Å². The van der Waals surface area contributed by atoms with Crippen LogP contribution in [0.4, 0.5) is 0 Å². The Kier molecular flexibility index (Phi) is 8.16. The molecule has 15 atom stereocenters. The van der Waals surface area contributed by atoms with Gasteiger partial charge in [-0.05, 0) is 85.4 Å². The first-order valence-electron chi connectivity index (χ1n) is 16.4. The Hall–Kier alpha value is -1.07. The molecule has 3 saturated carbocycles. The molecule has 0 amide bonds. The van der Waals surface area contributed by atoms with E-state index in [1.165, 1.54) is 24.8 Å². The fraction of sp³-hybridized carbons (Fsp3) is 0.909. The van der Waals surface area contributed by atoms with Gasteiger partial charge in [0.2, 0.25) is 0 Å². The molecule has 0 aromatic rings. The van der Waals surface area contributed by atoms with E-state index in [0.717, 1.165) is 32.3 Å². The van der Waals surface area contributed by atoms with Crippen LogP contribution in [0.2, 0.25) is 0 Å². The van der Waals surface area contributed by atoms with Gasteiger partial charge in [0.15, 0.2) is 11.9 Å². The monoisotopic (exact) mass is 592 g/mol. The molecule has 238 valence electrons. The standard InChI is InChI=1S/C33H52O9/c1-17-7-12-33(40-16-17)18(2)26-25(42-33)14-23-21-6-5-19-13-20(8-10-31(19,3)22(21)9-11-32(23,26)4)41-30(39)29(38)28(37)27(36)24(35)15-34/h5,17-18,20-29,34-38H,6-16H2,1-4H3. The highest BCUT2D eigenvalue weighted by molar-refractivity contribution is 5.75. The normalized spacial score (nSPS) is 49.1. The Labute approximate surface area is 249 Å². The second-order valence-electron chi connectivity index (χ2n) is 15.3. The Morgan fingerprint density at radius 2 is 1.81 bits per heavy atom. The van der Waals surface area contributed by atoms with Crippen LogP contribution >= 0.6 is 0 Å². The minimum Gasteiger partial charge on any atom is -0.460 e. The molecule has 2 heterocycles. The minimum absolute atomic E-state index is 0.0424. The molecule has 5 N–H and O–H groups in total. The van der Waals surface area contributed by atoms with Crippen LogP contribution in [-0.2, 0) is 19.0 Å². The summed E-state index contributed by atoms with van der Waals surface area (Å²) in [5.74, 6) is 1.92. The molecule has 42 heavy (non-hydrogen) atoms. The third kappa shape index (κ3) is 4.72. The summed E-state index contributed by atoms with van der Waals surface area (Å²) in [5.41, 5.74) is 1.62. The van der Waals surface area contributed by atoms with Gasteiger partial charge in [0.1, 0.15) is 24.4 Å². The number of ether oxygens (including phenoxy) is 3. The predicted molar refractivity (Wildman–Crippen MR) is 153 cm³/mol. The molecule has 15 unspecified atom stereocenters. The topological polar surface area (TPSA) is 146 Å². The fourth-order valence-electron chi connectivity index (χ4n) is 10.6. The summed E-state index contributed by atoms with van der Waals surface area (Å²) in [5, 5.41) is 48.8. The smallest absolute Gasteiger partial charge is 0.338 e. The van der Waals surface area contributed by atoms with E-state index in [9.17, 15) is 25.2 Å². The van der Waals surface area contributed by atoms with Gasteiger partial charge in [-0.3, -0.25) is 0 Å². The Morgan fingerprint density at radius 3 is 2.50 bits per heavy atom. The lowest BCUT2D eigenvalue weighted by Gasteiger charge is -2.58. The summed E-state index contributed by atoms with van der Waals surface area (Å²) in [7, 11) is 0. The lowest BCUT2D eigenvalue weighted by molar-refractivity contribution is -0.272. The first kappa shape index (κ1) is 30.9. The lowest BCUT2D eigenvalue weighted by Crippen LogP contribution is -2.53. The van der Waals surface area contributed by atoms with E-state index in [0.29, 0.717) is 48.3 Å². The van der Waals surface area contributed by atoms with E-state index < -0.39 is 48.9 Å². The highest BCUT2D eigenvalue weighted by Gasteiger charge is 2.68. The van der Waals surface area contributed by atoms with Crippen LogP contribution in [-0.4, -0.2) is 87.1 Å². The number of fused-ring (bicyclic) bond motifs is 7. The van der Waals surface area contributed by atoms with Crippen LogP contribution in [0.1, 0.15) is 85.5 Å². The summed E-state index contributed by atoms with van der Waals surface area (Å²) in [6, 6.07) is 0. The quantitative estimate of drug-likeness (QED) is 0.232. The van der Waals surface area contributed by atoms with E-state index in [4.69, 9.17) is 19.3 Å². The maximum Gasteiger partial charge on any atom is 0.338 e. The number of esters is 1. The molecule has 6 aliphatic rings. The van der Waals surface area contributed by atoms with Crippen molar-refractivity contribution >= 4 is 5.97 Å². The lowest BCUT2D eigenvalue weighted by atomic mass is 9.47. The van der Waals surface area contributed by atoms with Crippen molar-refractivity contribution in [2.24, 2.45) is 46.3 Å². The maximum absolute atomic E-state index is 12.6. The summed E-state index contributed by atoms with van der Waals surface area (Å²) in [4.78, 5) is 12.6. The van der Waals surface area contributed by atoms with Gasteiger partial charge in [-0.15, -0.1) is 0 Å². The number of carbonyl (C=O) groups excluding carboxylic acids is 1. The highest BCUT2D eigenvalue weighted by atomic mass is 16.7. The van der Waals surface area contributed by atoms with Gasteiger partial charge in [-0.25, -0.2) is 4.79 Å². The molecule has 9 nitrogen and oxygen atoms in total. The van der Waals surface area contributed by atoms with Gasteiger partial charge < -0.3 is 39.7 Å². The van der Waals surface area contributed by atoms with Crippen molar-refractivity contribution in [1.82, 2.24) is 0 Å². The van der Waals surface area contributed by atoms with Gasteiger partial charge in [0.25, 0.3) is 0 Å². The van der Waals surface area contributed by atoms with Gasteiger partial charge in [-0.1, -0.05) is 39.3 Å². The highest BCUT2D eigenvalue weighted by Crippen LogP contribution is 2.70. The van der Waals surface area contributed by atoms with Crippen LogP contribution in [0.15, 0.2) is 11.6 Å². The number of aliphatic hydroxyl groups excluding tert-OH is 5. The van der Waals surface area contributed by atoms with Crippen LogP contribution in [0.5, 0.6) is 0 Å². The summed E-state index contributed by atoms with van der Waals surface area (Å²) in [6.07, 6.45) is 3.60. The molecule has 6 rings (SSSR count). The number of carbonyl (C=O) groups is 1. The second kappa shape index (κ2) is 11.1. The number of allylic oxidation sites excluding steroid dienone is 1. The molecule has 9 heteroatoms. The average Bonchev–Trinajstić information content (AvgIpc) is 3.42. The minimum atomic E-state index is -2.01. The van der Waals surface area contributed by atoms with Crippen molar-refractivity contribution in [2.75, 3.05) is 13.2 Å². The van der Waals surface area contributed by atoms with Crippen molar-refractivity contribution < 1.29 is 44.5 Å². The van der Waals surface area contributed by atoms with Crippen LogP contribution in [0.25, 0.3) is 0 Å². The second-order valence-corrected chi connectivity index (χ2v) is 15.3. The Balaban J connectivity index is 1.12. The molecular weight excluding hydrogens is 540 g/mol.